The second-order valence-corrected chi connectivity index (χ2v) is 4.23. The Bertz CT molecular complexity index is 419. The molecule has 0 bridgehead atoms. The van der Waals surface area contributed by atoms with Crippen molar-refractivity contribution in [1.82, 2.24) is 4.98 Å². The molecule has 4 heteroatoms. The average Bonchev–Trinajstić information content (AvgIpc) is 2.23. The summed E-state index contributed by atoms with van der Waals surface area (Å²) >= 11 is 0. The third-order valence-electron chi connectivity index (χ3n) is 3.04. The molecule has 16 heavy (non-hydrogen) atoms. The van der Waals surface area contributed by atoms with Gasteiger partial charge in [0.05, 0.1) is 0 Å². The Morgan fingerprint density at radius 2 is 2.38 bits per heavy atom. The van der Waals surface area contributed by atoms with Crippen molar-refractivity contribution in [3.63, 3.8) is 0 Å². The molecule has 1 saturated carbocycles. The molecule has 1 aliphatic carbocycles. The van der Waals surface area contributed by atoms with Crippen LogP contribution in [0, 0.1) is 24.2 Å². The lowest BCUT2D eigenvalue weighted by Crippen LogP contribution is -2.38. The van der Waals surface area contributed by atoms with Crippen molar-refractivity contribution >= 4 is 0 Å². The van der Waals surface area contributed by atoms with E-state index in [1.807, 2.05) is 13.0 Å². The summed E-state index contributed by atoms with van der Waals surface area (Å²) in [5.74, 6) is 1.03. The molecule has 1 aliphatic rings. The van der Waals surface area contributed by atoms with E-state index in [-0.39, 0.29) is 6.10 Å². The number of nitrogens with zero attached hydrogens (tertiary/aromatic N) is 2. The van der Waals surface area contributed by atoms with Gasteiger partial charge in [-0.05, 0) is 43.9 Å². The number of nitriles is 1. The summed E-state index contributed by atoms with van der Waals surface area (Å²) in [6.07, 6.45) is 3.79. The summed E-state index contributed by atoms with van der Waals surface area (Å²) in [5.41, 5.74) is 6.99. The summed E-state index contributed by atoms with van der Waals surface area (Å²) in [6, 6.07) is 3.94. The standard InChI is InChI=1S/C12H15N3O/c1-8-2-3-15-12(11(8)7-14)16-10-4-9(5-10)6-13/h2-3,9-10H,4-6,13H2,1H3. The van der Waals surface area contributed by atoms with E-state index in [1.54, 1.807) is 6.20 Å². The van der Waals surface area contributed by atoms with Gasteiger partial charge in [-0.25, -0.2) is 4.98 Å². The smallest absolute Gasteiger partial charge is 0.232 e. The third-order valence-corrected chi connectivity index (χ3v) is 3.04. The van der Waals surface area contributed by atoms with Crippen LogP contribution in [0.15, 0.2) is 12.3 Å². The number of hydrogen-bond acceptors (Lipinski definition) is 4. The van der Waals surface area contributed by atoms with Crippen molar-refractivity contribution < 1.29 is 4.74 Å². The number of nitrogens with two attached hydrogens (primary N) is 1. The number of pyridine rings is 1. The fraction of sp³-hybridized carbons (Fsp3) is 0.500. The lowest BCUT2D eigenvalue weighted by molar-refractivity contribution is 0.0645. The van der Waals surface area contributed by atoms with E-state index < -0.39 is 0 Å². The van der Waals surface area contributed by atoms with E-state index in [9.17, 15) is 0 Å². The second kappa shape index (κ2) is 4.50. The highest BCUT2D eigenvalue weighted by atomic mass is 16.5. The normalized spacial score (nSPS) is 23.3. The minimum atomic E-state index is 0.176. The minimum Gasteiger partial charge on any atom is -0.473 e. The van der Waals surface area contributed by atoms with Gasteiger partial charge in [0.2, 0.25) is 5.88 Å². The van der Waals surface area contributed by atoms with E-state index in [1.165, 1.54) is 0 Å². The number of rotatable bonds is 3. The zero-order valence-electron chi connectivity index (χ0n) is 9.31. The van der Waals surface area contributed by atoms with Crippen molar-refractivity contribution in [3.8, 4) is 11.9 Å². The number of aryl methyl sites for hydroxylation is 1. The molecule has 0 spiro atoms. The summed E-state index contributed by atoms with van der Waals surface area (Å²) in [6.45, 7) is 2.60. The van der Waals surface area contributed by atoms with Gasteiger partial charge < -0.3 is 10.5 Å². The van der Waals surface area contributed by atoms with E-state index >= 15 is 0 Å². The first-order valence-electron chi connectivity index (χ1n) is 5.47. The van der Waals surface area contributed by atoms with Crippen LogP contribution in [0.1, 0.15) is 24.0 Å². The maximum absolute atomic E-state index is 9.01. The Labute approximate surface area is 95.0 Å². The Kier molecular flexibility index (Phi) is 3.07. The zero-order valence-corrected chi connectivity index (χ0v) is 9.31. The predicted octanol–water partition coefficient (Wildman–Crippen LogP) is 1.38. The topological polar surface area (TPSA) is 71.9 Å². The van der Waals surface area contributed by atoms with Crippen molar-refractivity contribution in [3.05, 3.63) is 23.4 Å². The minimum absolute atomic E-state index is 0.176. The van der Waals surface area contributed by atoms with Gasteiger partial charge in [0.25, 0.3) is 0 Å². The fourth-order valence-corrected chi connectivity index (χ4v) is 1.88. The highest BCUT2D eigenvalue weighted by Crippen LogP contribution is 2.31. The van der Waals surface area contributed by atoms with Crippen LogP contribution in [0.25, 0.3) is 0 Å². The molecule has 1 aromatic heterocycles. The van der Waals surface area contributed by atoms with Crippen LogP contribution in [0.5, 0.6) is 5.88 Å². The van der Waals surface area contributed by atoms with Gasteiger partial charge in [0.15, 0.2) is 0 Å². The SMILES string of the molecule is Cc1ccnc(OC2CC(CN)C2)c1C#N. The highest BCUT2D eigenvalue weighted by molar-refractivity contribution is 5.43. The molecule has 0 atom stereocenters. The molecule has 84 valence electrons. The molecular formula is C12H15N3O. The summed E-state index contributed by atoms with van der Waals surface area (Å²) in [4.78, 5) is 4.11. The van der Waals surface area contributed by atoms with Gasteiger partial charge in [0.1, 0.15) is 17.7 Å². The maximum Gasteiger partial charge on any atom is 0.232 e. The maximum atomic E-state index is 9.01. The van der Waals surface area contributed by atoms with E-state index in [0.29, 0.717) is 23.9 Å². The molecule has 1 fully saturated rings. The summed E-state index contributed by atoms with van der Waals surface area (Å²) in [7, 11) is 0. The summed E-state index contributed by atoms with van der Waals surface area (Å²) in [5, 5.41) is 9.01. The van der Waals surface area contributed by atoms with Crippen LogP contribution in [0.3, 0.4) is 0 Å². The highest BCUT2D eigenvalue weighted by Gasteiger charge is 2.30. The molecule has 1 aromatic rings. The van der Waals surface area contributed by atoms with Gasteiger partial charge >= 0.3 is 0 Å². The van der Waals surface area contributed by atoms with Gasteiger partial charge in [-0.15, -0.1) is 0 Å². The zero-order chi connectivity index (χ0) is 11.5. The second-order valence-electron chi connectivity index (χ2n) is 4.23. The van der Waals surface area contributed by atoms with Gasteiger partial charge in [-0.1, -0.05) is 0 Å². The molecule has 0 aromatic carbocycles. The van der Waals surface area contributed by atoms with Gasteiger partial charge in [-0.3, -0.25) is 0 Å². The average molecular weight is 217 g/mol. The molecule has 4 nitrogen and oxygen atoms in total. The largest absolute Gasteiger partial charge is 0.473 e. The Morgan fingerprint density at radius 3 is 3.00 bits per heavy atom. The van der Waals surface area contributed by atoms with Gasteiger partial charge in [0, 0.05) is 6.20 Å². The molecule has 0 saturated heterocycles. The summed E-state index contributed by atoms with van der Waals surface area (Å²) < 4.78 is 5.70. The monoisotopic (exact) mass is 217 g/mol. The molecule has 1 heterocycles. The van der Waals surface area contributed by atoms with E-state index in [0.717, 1.165) is 18.4 Å². The first kappa shape index (κ1) is 10.9. The Morgan fingerprint density at radius 1 is 1.62 bits per heavy atom. The van der Waals surface area contributed by atoms with Crippen molar-refractivity contribution in [2.75, 3.05) is 6.54 Å². The van der Waals surface area contributed by atoms with Crippen LogP contribution in [0.2, 0.25) is 0 Å². The lowest BCUT2D eigenvalue weighted by Gasteiger charge is -2.34. The number of aromatic nitrogens is 1. The first-order valence-corrected chi connectivity index (χ1v) is 5.47. The number of ether oxygens (including phenoxy) is 1. The molecule has 0 radical (unpaired) electrons. The first-order chi connectivity index (χ1) is 7.74. The van der Waals surface area contributed by atoms with Crippen LogP contribution >= 0.6 is 0 Å². The molecule has 0 amide bonds. The molecule has 2 N–H and O–H groups in total. The van der Waals surface area contributed by atoms with Crippen molar-refractivity contribution in [2.24, 2.45) is 11.7 Å². The molecule has 0 aliphatic heterocycles. The quantitative estimate of drug-likeness (QED) is 0.830. The van der Waals surface area contributed by atoms with Crippen molar-refractivity contribution in [2.45, 2.75) is 25.9 Å². The third kappa shape index (κ3) is 2.00. The van der Waals surface area contributed by atoms with Crippen LogP contribution < -0.4 is 10.5 Å². The Hall–Kier alpha value is -1.60. The van der Waals surface area contributed by atoms with Crippen LogP contribution in [0.4, 0.5) is 0 Å². The number of hydrogen-bond donors (Lipinski definition) is 1. The Balaban J connectivity index is 2.06. The van der Waals surface area contributed by atoms with Crippen LogP contribution in [-0.2, 0) is 0 Å². The van der Waals surface area contributed by atoms with E-state index in [4.69, 9.17) is 15.7 Å². The van der Waals surface area contributed by atoms with Gasteiger partial charge in [-0.2, -0.15) is 5.26 Å². The lowest BCUT2D eigenvalue weighted by atomic mass is 9.82. The molecular weight excluding hydrogens is 202 g/mol. The van der Waals surface area contributed by atoms with Crippen molar-refractivity contribution in [1.29, 1.82) is 5.26 Å². The molecule has 0 unspecified atom stereocenters. The molecule has 2 rings (SSSR count). The fourth-order valence-electron chi connectivity index (χ4n) is 1.88. The predicted molar refractivity (Wildman–Crippen MR) is 59.9 cm³/mol. The van der Waals surface area contributed by atoms with E-state index in [2.05, 4.69) is 11.1 Å². The van der Waals surface area contributed by atoms with Crippen LogP contribution in [-0.4, -0.2) is 17.6 Å².